The van der Waals surface area contributed by atoms with Gasteiger partial charge in [0.05, 0.1) is 17.4 Å². The lowest BCUT2D eigenvalue weighted by molar-refractivity contribution is -0.121. The molecule has 0 spiro atoms. The molecule has 0 bridgehead atoms. The summed E-state index contributed by atoms with van der Waals surface area (Å²) in [5.74, 6) is 1.36. The molecule has 2 aliphatic heterocycles. The van der Waals surface area contributed by atoms with E-state index in [9.17, 15) is 9.59 Å². The number of hydrogen-bond donors (Lipinski definition) is 3. The van der Waals surface area contributed by atoms with Crippen LogP contribution in [0.4, 0.5) is 16.2 Å². The topological polar surface area (TPSA) is 110 Å². The molecule has 2 unspecified atom stereocenters. The second kappa shape index (κ2) is 9.72. The molecule has 2 aromatic carbocycles. The zero-order valence-corrected chi connectivity index (χ0v) is 21.3. The Morgan fingerprint density at radius 2 is 1.97 bits per heavy atom. The largest absolute Gasteiger partial charge is 0.457 e. The van der Waals surface area contributed by atoms with Crippen LogP contribution in [0.3, 0.4) is 0 Å². The predicted molar refractivity (Wildman–Crippen MR) is 143 cm³/mol. The molecule has 1 aliphatic carbocycles. The maximum absolute atomic E-state index is 13.5. The second-order valence-corrected chi connectivity index (χ2v) is 11.0. The number of nitrogens with one attached hydrogen (secondary N) is 2. The summed E-state index contributed by atoms with van der Waals surface area (Å²) in [6.07, 6.45) is 5.43. The minimum atomic E-state index is -0.476. The third-order valence-corrected chi connectivity index (χ3v) is 8.50. The standard InChI is InChI=1S/C28H29N5O3S/c1-16-14-20(36-19-8-3-2-4-9-19)10-11-21(16)33-22-12-13-30-27-23(22)24(32-28(33)35)25(37-27)26(34)31-18-7-5-6-17(29)15-18/h2-4,8-14,17-18,24-25H,5-7,15,29H2,1H3,(H,31,34)(H,32,35)/t17-,18-,24?,25?/m1/s1. The minimum absolute atomic E-state index is 0.0723. The Balaban J connectivity index is 1.26. The summed E-state index contributed by atoms with van der Waals surface area (Å²) >= 11 is 1.41. The number of urea groups is 1. The Bertz CT molecular complexity index is 1350. The Kier molecular flexibility index (Phi) is 6.26. The molecule has 3 heterocycles. The van der Waals surface area contributed by atoms with Gasteiger partial charge in [0.2, 0.25) is 5.91 Å². The van der Waals surface area contributed by atoms with Gasteiger partial charge in [0.1, 0.15) is 21.8 Å². The molecule has 3 aliphatic rings. The Labute approximate surface area is 220 Å². The Morgan fingerprint density at radius 1 is 1.14 bits per heavy atom. The van der Waals surface area contributed by atoms with Crippen LogP contribution in [0.1, 0.15) is 42.9 Å². The number of para-hydroxylation sites is 1. The van der Waals surface area contributed by atoms with E-state index < -0.39 is 11.3 Å². The molecule has 3 aromatic rings. The monoisotopic (exact) mass is 515 g/mol. The molecular weight excluding hydrogens is 486 g/mol. The van der Waals surface area contributed by atoms with E-state index >= 15 is 0 Å². The van der Waals surface area contributed by atoms with Gasteiger partial charge in [0, 0.05) is 23.8 Å². The van der Waals surface area contributed by atoms with Crippen LogP contribution in [0.2, 0.25) is 0 Å². The van der Waals surface area contributed by atoms with E-state index in [1.807, 2.05) is 61.5 Å². The number of pyridine rings is 1. The van der Waals surface area contributed by atoms with Crippen molar-refractivity contribution in [3.05, 3.63) is 71.9 Å². The average Bonchev–Trinajstić information content (AvgIpc) is 3.25. The highest BCUT2D eigenvalue weighted by Crippen LogP contribution is 2.51. The number of rotatable bonds is 5. The van der Waals surface area contributed by atoms with E-state index in [2.05, 4.69) is 15.6 Å². The fourth-order valence-corrected chi connectivity index (χ4v) is 6.71. The molecule has 6 rings (SSSR count). The SMILES string of the molecule is Cc1cc(Oc2ccccc2)ccc1N1C(=O)NC2c3c1ccnc3SC2C(=O)N[C@@H]1CCC[C@@H](N)C1. The lowest BCUT2D eigenvalue weighted by Gasteiger charge is -2.35. The van der Waals surface area contributed by atoms with Gasteiger partial charge in [0.25, 0.3) is 0 Å². The number of aromatic nitrogens is 1. The average molecular weight is 516 g/mol. The first-order valence-electron chi connectivity index (χ1n) is 12.6. The first kappa shape index (κ1) is 23.8. The van der Waals surface area contributed by atoms with E-state index in [0.717, 1.165) is 59.0 Å². The van der Waals surface area contributed by atoms with Crippen molar-refractivity contribution >= 4 is 35.1 Å². The predicted octanol–water partition coefficient (Wildman–Crippen LogP) is 4.95. The Morgan fingerprint density at radius 3 is 2.76 bits per heavy atom. The highest BCUT2D eigenvalue weighted by atomic mass is 32.2. The van der Waals surface area contributed by atoms with Crippen molar-refractivity contribution in [3.8, 4) is 11.5 Å². The first-order valence-corrected chi connectivity index (χ1v) is 13.5. The highest BCUT2D eigenvalue weighted by Gasteiger charge is 2.47. The molecule has 9 heteroatoms. The van der Waals surface area contributed by atoms with Crippen molar-refractivity contribution in [1.29, 1.82) is 0 Å². The zero-order chi connectivity index (χ0) is 25.5. The summed E-state index contributed by atoms with van der Waals surface area (Å²) < 4.78 is 5.97. The smallest absolute Gasteiger partial charge is 0.327 e. The third kappa shape index (κ3) is 4.53. The van der Waals surface area contributed by atoms with Gasteiger partial charge >= 0.3 is 6.03 Å². The number of anilines is 2. The zero-order valence-electron chi connectivity index (χ0n) is 20.5. The highest BCUT2D eigenvalue weighted by molar-refractivity contribution is 8.01. The number of carbonyl (C=O) groups excluding carboxylic acids is 2. The maximum atomic E-state index is 13.5. The molecule has 4 N–H and O–H groups in total. The molecule has 4 atom stereocenters. The molecule has 1 saturated carbocycles. The molecule has 8 nitrogen and oxygen atoms in total. The van der Waals surface area contributed by atoms with Gasteiger partial charge in [-0.3, -0.25) is 9.69 Å². The van der Waals surface area contributed by atoms with E-state index in [1.165, 1.54) is 11.8 Å². The third-order valence-electron chi connectivity index (χ3n) is 7.21. The van der Waals surface area contributed by atoms with Gasteiger partial charge in [-0.15, -0.1) is 0 Å². The van der Waals surface area contributed by atoms with Crippen LogP contribution in [0.25, 0.3) is 0 Å². The van der Waals surface area contributed by atoms with E-state index in [0.29, 0.717) is 5.75 Å². The lowest BCUT2D eigenvalue weighted by atomic mass is 9.91. The van der Waals surface area contributed by atoms with Crippen LogP contribution in [0.5, 0.6) is 11.5 Å². The van der Waals surface area contributed by atoms with Gasteiger partial charge in [-0.25, -0.2) is 9.78 Å². The number of hydrogen-bond acceptors (Lipinski definition) is 6. The van der Waals surface area contributed by atoms with E-state index in [-0.39, 0.29) is 24.0 Å². The van der Waals surface area contributed by atoms with Gasteiger partial charge in [0.15, 0.2) is 0 Å². The summed E-state index contributed by atoms with van der Waals surface area (Å²) in [7, 11) is 0. The number of aryl methyl sites for hydroxylation is 1. The van der Waals surface area contributed by atoms with Crippen LogP contribution >= 0.6 is 11.8 Å². The number of carbonyl (C=O) groups is 2. The van der Waals surface area contributed by atoms with E-state index in [1.54, 1.807) is 11.1 Å². The van der Waals surface area contributed by atoms with Crippen LogP contribution in [0.15, 0.2) is 65.8 Å². The number of thioether (sulfide) groups is 1. The molecular formula is C28H29N5O3S. The number of nitrogens with two attached hydrogens (primary N) is 1. The molecule has 0 radical (unpaired) electrons. The van der Waals surface area contributed by atoms with E-state index in [4.69, 9.17) is 10.5 Å². The molecule has 37 heavy (non-hydrogen) atoms. The fourth-order valence-electron chi connectivity index (χ4n) is 5.47. The van der Waals surface area contributed by atoms with Crippen molar-refractivity contribution < 1.29 is 14.3 Å². The summed E-state index contributed by atoms with van der Waals surface area (Å²) in [6.45, 7) is 1.95. The van der Waals surface area contributed by atoms with Crippen molar-refractivity contribution in [2.24, 2.45) is 5.73 Å². The van der Waals surface area contributed by atoms with Gasteiger partial charge in [-0.1, -0.05) is 30.0 Å². The summed E-state index contributed by atoms with van der Waals surface area (Å²) in [5.41, 5.74) is 9.39. The number of amides is 3. The molecule has 190 valence electrons. The summed E-state index contributed by atoms with van der Waals surface area (Å²) in [4.78, 5) is 33.0. The van der Waals surface area contributed by atoms with Gasteiger partial charge in [-0.05, 0) is 74.6 Å². The fraction of sp³-hybridized carbons (Fsp3) is 0.321. The van der Waals surface area contributed by atoms with Crippen molar-refractivity contribution in [2.75, 3.05) is 4.90 Å². The van der Waals surface area contributed by atoms with Gasteiger partial charge < -0.3 is 21.1 Å². The number of ether oxygens (including phenoxy) is 1. The maximum Gasteiger partial charge on any atom is 0.327 e. The van der Waals surface area contributed by atoms with Crippen LogP contribution in [-0.4, -0.2) is 34.3 Å². The summed E-state index contributed by atoms with van der Waals surface area (Å²) in [6, 6.07) is 16.6. The van der Waals surface area contributed by atoms with Crippen LogP contribution < -0.4 is 26.0 Å². The van der Waals surface area contributed by atoms with Crippen molar-refractivity contribution in [3.63, 3.8) is 0 Å². The van der Waals surface area contributed by atoms with Crippen molar-refractivity contribution in [2.45, 2.75) is 61.0 Å². The van der Waals surface area contributed by atoms with Gasteiger partial charge in [-0.2, -0.15) is 0 Å². The second-order valence-electron chi connectivity index (χ2n) is 9.85. The summed E-state index contributed by atoms with van der Waals surface area (Å²) in [5, 5.41) is 6.57. The quantitative estimate of drug-likeness (QED) is 0.444. The molecule has 1 aromatic heterocycles. The first-order chi connectivity index (χ1) is 18.0. The Hall–Kier alpha value is -3.56. The molecule has 0 saturated heterocycles. The number of nitrogens with zero attached hydrogens (tertiary/aromatic N) is 2. The molecule has 3 amide bonds. The molecule has 1 fully saturated rings. The lowest BCUT2D eigenvalue weighted by Crippen LogP contribution is -2.51. The van der Waals surface area contributed by atoms with Crippen molar-refractivity contribution in [1.82, 2.24) is 15.6 Å². The van der Waals surface area contributed by atoms with Crippen LogP contribution in [0, 0.1) is 6.92 Å². The minimum Gasteiger partial charge on any atom is -0.457 e. The number of benzene rings is 2. The van der Waals surface area contributed by atoms with Crippen LogP contribution in [-0.2, 0) is 4.79 Å². The normalized spacial score (nSPS) is 24.3.